The molecule has 1 aliphatic rings. The van der Waals surface area contributed by atoms with Crippen molar-refractivity contribution >= 4 is 61.2 Å². The number of hydrogen-bond acceptors (Lipinski definition) is 5. The zero-order valence-electron chi connectivity index (χ0n) is 13.8. The molecule has 0 aromatic heterocycles. The van der Waals surface area contributed by atoms with Crippen LogP contribution in [0.4, 0.5) is 5.69 Å². The Bertz CT molecular complexity index is 908. The fraction of sp³-hybridized carbons (Fsp3) is 0.533. The Morgan fingerprint density at radius 2 is 1.84 bits per heavy atom. The van der Waals surface area contributed by atoms with E-state index in [0.29, 0.717) is 18.5 Å². The van der Waals surface area contributed by atoms with E-state index in [-0.39, 0.29) is 46.6 Å². The summed E-state index contributed by atoms with van der Waals surface area (Å²) in [7, 11) is -8.63. The SMILES string of the molecule is CC[N+]1=C(C)C(C)(CCCS(=O)(=O)O)c2cc(S(=O)(=O)[O-])ccc21.[NaH]. The quantitative estimate of drug-likeness (QED) is 0.434. The van der Waals surface area contributed by atoms with Gasteiger partial charge in [0, 0.05) is 18.6 Å². The van der Waals surface area contributed by atoms with Gasteiger partial charge in [0.1, 0.15) is 16.7 Å². The molecule has 1 unspecified atom stereocenters. The van der Waals surface area contributed by atoms with Crippen LogP contribution < -0.4 is 0 Å². The summed E-state index contributed by atoms with van der Waals surface area (Å²) in [6, 6.07) is 4.28. The minimum absolute atomic E-state index is 0. The van der Waals surface area contributed by atoms with Gasteiger partial charge in [-0.2, -0.15) is 13.0 Å². The van der Waals surface area contributed by atoms with Crippen LogP contribution in [-0.4, -0.2) is 78.1 Å². The molecule has 10 heteroatoms. The van der Waals surface area contributed by atoms with E-state index in [4.69, 9.17) is 4.55 Å². The van der Waals surface area contributed by atoms with Crippen LogP contribution in [0.1, 0.15) is 39.2 Å². The molecule has 25 heavy (non-hydrogen) atoms. The molecule has 0 saturated carbocycles. The summed E-state index contributed by atoms with van der Waals surface area (Å²) in [6.07, 6.45) is 0.627. The standard InChI is InChI=1S/C15H21NO6S2.Na.H/c1-4-16-11(2)15(3,8-5-9-23(17,18)19)13-10-12(24(20,21)22)6-7-14(13)16;;/h6-7,10H,4-5,8-9H2,1-3H3,(H-,17,18,19,20,21,22);;. The molecule has 1 N–H and O–H groups in total. The molecule has 1 aliphatic heterocycles. The molecule has 0 amide bonds. The van der Waals surface area contributed by atoms with Crippen molar-refractivity contribution in [1.29, 1.82) is 0 Å². The van der Waals surface area contributed by atoms with Crippen molar-refractivity contribution in [3.8, 4) is 0 Å². The summed E-state index contributed by atoms with van der Waals surface area (Å²) >= 11 is 0. The third-order valence-corrected chi connectivity index (χ3v) is 6.38. The molecule has 1 aromatic rings. The molecular weight excluding hydrogens is 377 g/mol. The number of fused-ring (bicyclic) bond motifs is 1. The third-order valence-electron chi connectivity index (χ3n) is 4.74. The van der Waals surface area contributed by atoms with Gasteiger partial charge < -0.3 is 4.55 Å². The Balaban J connectivity index is 0.00000312. The predicted molar refractivity (Wildman–Crippen MR) is 95.7 cm³/mol. The monoisotopic (exact) mass is 399 g/mol. The van der Waals surface area contributed by atoms with Crippen molar-refractivity contribution < 1.29 is 30.5 Å². The fourth-order valence-electron chi connectivity index (χ4n) is 3.35. The molecule has 0 saturated heterocycles. The van der Waals surface area contributed by atoms with Gasteiger partial charge in [0.15, 0.2) is 5.71 Å². The topological polar surface area (TPSA) is 115 Å². The minimum atomic E-state index is -4.57. The molecule has 0 aliphatic carbocycles. The molecule has 0 radical (unpaired) electrons. The van der Waals surface area contributed by atoms with E-state index in [1.165, 1.54) is 12.1 Å². The molecular formula is C15H22NNaO6S2. The van der Waals surface area contributed by atoms with E-state index in [9.17, 15) is 21.4 Å². The normalized spacial score (nSPS) is 20.4. The summed E-state index contributed by atoms with van der Waals surface area (Å²) in [4.78, 5) is -0.298. The summed E-state index contributed by atoms with van der Waals surface area (Å²) in [5.41, 5.74) is 1.86. The van der Waals surface area contributed by atoms with Crippen LogP contribution in [0.3, 0.4) is 0 Å². The van der Waals surface area contributed by atoms with Crippen LogP contribution >= 0.6 is 0 Å². The van der Waals surface area contributed by atoms with Gasteiger partial charge in [0.05, 0.1) is 16.1 Å². The van der Waals surface area contributed by atoms with Gasteiger partial charge in [-0.05, 0) is 38.8 Å². The molecule has 136 valence electrons. The van der Waals surface area contributed by atoms with Crippen molar-refractivity contribution in [1.82, 2.24) is 0 Å². The van der Waals surface area contributed by atoms with Crippen LogP contribution in [0.15, 0.2) is 23.1 Å². The summed E-state index contributed by atoms with van der Waals surface area (Å²) in [6.45, 7) is 6.41. The van der Waals surface area contributed by atoms with Gasteiger partial charge in [-0.3, -0.25) is 4.55 Å². The molecule has 7 nitrogen and oxygen atoms in total. The first kappa shape index (κ1) is 22.8. The summed E-state index contributed by atoms with van der Waals surface area (Å²) < 4.78 is 66.9. The Hall–Kier alpha value is -0.290. The molecule has 0 bridgehead atoms. The van der Waals surface area contributed by atoms with E-state index in [1.807, 2.05) is 25.3 Å². The van der Waals surface area contributed by atoms with Crippen LogP contribution in [0, 0.1) is 0 Å². The maximum atomic E-state index is 11.3. The van der Waals surface area contributed by atoms with Crippen molar-refractivity contribution in [2.75, 3.05) is 12.3 Å². The Morgan fingerprint density at radius 1 is 1.24 bits per heavy atom. The second kappa shape index (κ2) is 7.75. The first-order chi connectivity index (χ1) is 10.9. The Labute approximate surface area is 170 Å². The number of nitrogens with zero attached hydrogens (tertiary/aromatic N) is 1. The third kappa shape index (κ3) is 4.71. The zero-order chi connectivity index (χ0) is 18.3. The summed E-state index contributed by atoms with van der Waals surface area (Å²) in [5.74, 6) is -0.364. The second-order valence-corrected chi connectivity index (χ2v) is 9.14. The van der Waals surface area contributed by atoms with Crippen LogP contribution in [0.2, 0.25) is 0 Å². The molecule has 1 aromatic carbocycles. The number of hydrogen-bond donors (Lipinski definition) is 1. The van der Waals surface area contributed by atoms with Gasteiger partial charge in [-0.1, -0.05) is 0 Å². The van der Waals surface area contributed by atoms with Crippen molar-refractivity contribution in [3.63, 3.8) is 0 Å². The van der Waals surface area contributed by atoms with Gasteiger partial charge in [0.2, 0.25) is 5.69 Å². The number of rotatable bonds is 6. The fourth-order valence-corrected chi connectivity index (χ4v) is 4.36. The zero-order valence-corrected chi connectivity index (χ0v) is 15.4. The van der Waals surface area contributed by atoms with E-state index in [0.717, 1.165) is 11.4 Å². The van der Waals surface area contributed by atoms with E-state index < -0.39 is 25.7 Å². The van der Waals surface area contributed by atoms with Crippen molar-refractivity contribution in [2.45, 2.75) is 43.9 Å². The van der Waals surface area contributed by atoms with Crippen LogP contribution in [0.25, 0.3) is 0 Å². The van der Waals surface area contributed by atoms with Gasteiger partial charge >= 0.3 is 29.6 Å². The van der Waals surface area contributed by atoms with Gasteiger partial charge in [-0.25, -0.2) is 8.42 Å². The van der Waals surface area contributed by atoms with Crippen LogP contribution in [-0.2, 0) is 25.7 Å². The molecule has 1 atom stereocenters. The first-order valence-corrected chi connectivity index (χ1v) is 10.6. The summed E-state index contributed by atoms with van der Waals surface area (Å²) in [5, 5.41) is 0. The first-order valence-electron chi connectivity index (χ1n) is 7.57. The Kier molecular flexibility index (Phi) is 7.06. The van der Waals surface area contributed by atoms with Gasteiger partial charge in [-0.15, -0.1) is 0 Å². The van der Waals surface area contributed by atoms with E-state index in [1.54, 1.807) is 6.07 Å². The average Bonchev–Trinajstić information content (AvgIpc) is 2.65. The van der Waals surface area contributed by atoms with Crippen molar-refractivity contribution in [3.05, 3.63) is 23.8 Å². The number of benzene rings is 1. The van der Waals surface area contributed by atoms with E-state index >= 15 is 0 Å². The molecule has 0 fully saturated rings. The maximum absolute atomic E-state index is 11.3. The second-order valence-electron chi connectivity index (χ2n) is 6.18. The molecule has 2 rings (SSSR count). The Morgan fingerprint density at radius 3 is 2.32 bits per heavy atom. The average molecular weight is 399 g/mol. The van der Waals surface area contributed by atoms with E-state index in [2.05, 4.69) is 0 Å². The van der Waals surface area contributed by atoms with Crippen molar-refractivity contribution in [2.24, 2.45) is 0 Å². The molecule has 0 spiro atoms. The van der Waals surface area contributed by atoms with Crippen LogP contribution in [0.5, 0.6) is 0 Å². The predicted octanol–water partition coefficient (Wildman–Crippen LogP) is 1.01. The van der Waals surface area contributed by atoms with Gasteiger partial charge in [0.25, 0.3) is 10.1 Å². The molecule has 1 heterocycles.